The second kappa shape index (κ2) is 8.21. The predicted molar refractivity (Wildman–Crippen MR) is 89.7 cm³/mol. The first-order valence-corrected chi connectivity index (χ1v) is 8.24. The zero-order valence-corrected chi connectivity index (χ0v) is 12.6. The molecule has 0 aliphatic rings. The zero-order valence-electron chi connectivity index (χ0n) is 11.7. The molecule has 0 saturated carbocycles. The molecule has 0 spiro atoms. The molecule has 0 radical (unpaired) electrons. The zero-order chi connectivity index (χ0) is 14.9. The van der Waals surface area contributed by atoms with Crippen molar-refractivity contribution in [1.29, 1.82) is 0 Å². The molecule has 2 aromatic carbocycles. The van der Waals surface area contributed by atoms with Gasteiger partial charge >= 0.3 is 0 Å². The van der Waals surface area contributed by atoms with Gasteiger partial charge in [0.15, 0.2) is 5.96 Å². The summed E-state index contributed by atoms with van der Waals surface area (Å²) in [4.78, 5) is 4.19. The second-order valence-corrected chi connectivity index (χ2v) is 6.11. The summed E-state index contributed by atoms with van der Waals surface area (Å²) in [6.45, 7) is 0.450. The smallest absolute Gasteiger partial charge is 0.193 e. The molecule has 0 amide bonds. The van der Waals surface area contributed by atoms with Crippen LogP contribution in [0.25, 0.3) is 0 Å². The van der Waals surface area contributed by atoms with Crippen molar-refractivity contribution in [1.82, 2.24) is 0 Å². The Labute approximate surface area is 127 Å². The summed E-state index contributed by atoms with van der Waals surface area (Å²) in [6, 6.07) is 19.4. The fourth-order valence-electron chi connectivity index (χ4n) is 1.81. The lowest BCUT2D eigenvalue weighted by Gasteiger charge is -2.05. The molecule has 21 heavy (non-hydrogen) atoms. The van der Waals surface area contributed by atoms with Crippen LogP contribution in [0.1, 0.15) is 5.56 Å². The molecule has 110 valence electrons. The number of hydrogen-bond donors (Lipinski definition) is 2. The molecular weight excluding hydrogens is 282 g/mol. The summed E-state index contributed by atoms with van der Waals surface area (Å²) in [7, 11) is -0.924. The molecule has 1 unspecified atom stereocenters. The Bertz CT molecular complexity index is 599. The van der Waals surface area contributed by atoms with Crippen molar-refractivity contribution in [3.05, 3.63) is 66.2 Å². The van der Waals surface area contributed by atoms with E-state index in [4.69, 9.17) is 5.73 Å². The molecule has 4 nitrogen and oxygen atoms in total. The highest BCUT2D eigenvalue weighted by molar-refractivity contribution is 7.84. The summed E-state index contributed by atoms with van der Waals surface area (Å²) >= 11 is 0. The Morgan fingerprint density at radius 3 is 2.33 bits per heavy atom. The van der Waals surface area contributed by atoms with Crippen LogP contribution in [0.15, 0.2) is 65.7 Å². The van der Waals surface area contributed by atoms with E-state index in [9.17, 15) is 4.21 Å². The van der Waals surface area contributed by atoms with Gasteiger partial charge in [-0.2, -0.15) is 0 Å². The Morgan fingerprint density at radius 1 is 1.05 bits per heavy atom. The lowest BCUT2D eigenvalue weighted by Crippen LogP contribution is -2.23. The van der Waals surface area contributed by atoms with Crippen LogP contribution in [0.2, 0.25) is 0 Å². The third-order valence-corrected chi connectivity index (χ3v) is 4.11. The highest BCUT2D eigenvalue weighted by Crippen LogP contribution is 2.04. The van der Waals surface area contributed by atoms with E-state index < -0.39 is 10.8 Å². The number of hydrogen-bond acceptors (Lipinski definition) is 2. The maximum absolute atomic E-state index is 11.9. The Morgan fingerprint density at radius 2 is 1.67 bits per heavy atom. The fraction of sp³-hybridized carbons (Fsp3) is 0.188. The number of para-hydroxylation sites is 1. The molecule has 2 rings (SSSR count). The van der Waals surface area contributed by atoms with Crippen molar-refractivity contribution in [3.63, 3.8) is 0 Å². The lowest BCUT2D eigenvalue weighted by atomic mass is 10.2. The topological polar surface area (TPSA) is 67.5 Å². The van der Waals surface area contributed by atoms with Gasteiger partial charge in [0.2, 0.25) is 0 Å². The minimum Gasteiger partial charge on any atom is -0.370 e. The van der Waals surface area contributed by atoms with E-state index in [2.05, 4.69) is 10.3 Å². The molecule has 3 N–H and O–H groups in total. The molecule has 5 heteroatoms. The Kier molecular flexibility index (Phi) is 5.97. The van der Waals surface area contributed by atoms with Gasteiger partial charge < -0.3 is 11.1 Å². The number of rotatable bonds is 6. The maximum Gasteiger partial charge on any atom is 0.193 e. The quantitative estimate of drug-likeness (QED) is 0.636. The SMILES string of the molecule is NC(=NCCS(=O)Cc1ccccc1)Nc1ccccc1. The lowest BCUT2D eigenvalue weighted by molar-refractivity contribution is 0.682. The third kappa shape index (κ3) is 5.79. The molecule has 0 heterocycles. The largest absolute Gasteiger partial charge is 0.370 e. The standard InChI is InChI=1S/C16H19N3OS/c17-16(19-15-9-5-2-6-10-15)18-11-12-21(20)13-14-7-3-1-4-8-14/h1-10H,11-13H2,(H3,17,18,19). The van der Waals surface area contributed by atoms with Crippen molar-refractivity contribution in [3.8, 4) is 0 Å². The van der Waals surface area contributed by atoms with Gasteiger partial charge in [0.05, 0.1) is 6.54 Å². The Balaban J connectivity index is 1.75. The Hall–Kier alpha value is -2.14. The average molecular weight is 301 g/mol. The van der Waals surface area contributed by atoms with Gasteiger partial charge in [-0.3, -0.25) is 9.20 Å². The second-order valence-electron chi connectivity index (χ2n) is 4.53. The van der Waals surface area contributed by atoms with Gasteiger partial charge in [-0.1, -0.05) is 48.5 Å². The van der Waals surface area contributed by atoms with Crippen LogP contribution >= 0.6 is 0 Å². The molecule has 2 aromatic rings. The highest BCUT2D eigenvalue weighted by Gasteiger charge is 2.01. The fourth-order valence-corrected chi connectivity index (χ4v) is 2.81. The van der Waals surface area contributed by atoms with Crippen molar-refractivity contribution in [2.75, 3.05) is 17.6 Å². The van der Waals surface area contributed by atoms with E-state index in [1.807, 2.05) is 60.7 Å². The monoisotopic (exact) mass is 301 g/mol. The average Bonchev–Trinajstić information content (AvgIpc) is 2.49. The van der Waals surface area contributed by atoms with Gasteiger partial charge in [0.25, 0.3) is 0 Å². The molecule has 0 bridgehead atoms. The van der Waals surface area contributed by atoms with Crippen LogP contribution in [0.3, 0.4) is 0 Å². The molecule has 0 aliphatic heterocycles. The predicted octanol–water partition coefficient (Wildman–Crippen LogP) is 2.36. The minimum absolute atomic E-state index is 0.345. The highest BCUT2D eigenvalue weighted by atomic mass is 32.2. The first kappa shape index (κ1) is 15.3. The van der Waals surface area contributed by atoms with E-state index in [0.29, 0.717) is 24.0 Å². The van der Waals surface area contributed by atoms with Crippen molar-refractivity contribution in [2.24, 2.45) is 10.7 Å². The first-order valence-electron chi connectivity index (χ1n) is 6.75. The van der Waals surface area contributed by atoms with Crippen LogP contribution in [-0.2, 0) is 16.6 Å². The maximum atomic E-state index is 11.9. The number of nitrogens with one attached hydrogen (secondary N) is 1. The number of nitrogens with zero attached hydrogens (tertiary/aromatic N) is 1. The number of aliphatic imine (C=N–C) groups is 1. The molecular formula is C16H19N3OS. The van der Waals surface area contributed by atoms with Gasteiger partial charge in [-0.15, -0.1) is 0 Å². The summed E-state index contributed by atoms with van der Waals surface area (Å²) < 4.78 is 11.9. The van der Waals surface area contributed by atoms with Crippen LogP contribution in [0.5, 0.6) is 0 Å². The van der Waals surface area contributed by atoms with Crippen LogP contribution in [-0.4, -0.2) is 22.5 Å². The van der Waals surface area contributed by atoms with Crippen molar-refractivity contribution < 1.29 is 4.21 Å². The van der Waals surface area contributed by atoms with Crippen LogP contribution < -0.4 is 11.1 Å². The van der Waals surface area contributed by atoms with Gasteiger partial charge in [0.1, 0.15) is 0 Å². The van der Waals surface area contributed by atoms with E-state index >= 15 is 0 Å². The van der Waals surface area contributed by atoms with Gasteiger partial charge in [-0.05, 0) is 17.7 Å². The summed E-state index contributed by atoms with van der Waals surface area (Å²) in [6.07, 6.45) is 0. The van der Waals surface area contributed by atoms with Crippen molar-refractivity contribution >= 4 is 22.4 Å². The number of anilines is 1. The molecule has 0 fully saturated rings. The summed E-state index contributed by atoms with van der Waals surface area (Å²) in [5.41, 5.74) is 7.76. The molecule has 0 aromatic heterocycles. The molecule has 0 saturated heterocycles. The number of nitrogens with two attached hydrogens (primary N) is 1. The van der Waals surface area contributed by atoms with Crippen LogP contribution in [0, 0.1) is 0 Å². The van der Waals surface area contributed by atoms with E-state index in [-0.39, 0.29) is 0 Å². The summed E-state index contributed by atoms with van der Waals surface area (Å²) in [5, 5.41) is 2.99. The van der Waals surface area contributed by atoms with Crippen LogP contribution in [0.4, 0.5) is 5.69 Å². The minimum atomic E-state index is -0.924. The molecule has 1 atom stereocenters. The van der Waals surface area contributed by atoms with Gasteiger partial charge in [-0.25, -0.2) is 0 Å². The first-order chi connectivity index (χ1) is 10.2. The van der Waals surface area contributed by atoms with E-state index in [1.54, 1.807) is 0 Å². The normalized spacial score (nSPS) is 12.9. The van der Waals surface area contributed by atoms with E-state index in [0.717, 1.165) is 11.3 Å². The number of guanidine groups is 1. The molecule has 0 aliphatic carbocycles. The number of benzene rings is 2. The van der Waals surface area contributed by atoms with Crippen molar-refractivity contribution in [2.45, 2.75) is 5.75 Å². The van der Waals surface area contributed by atoms with Gasteiger partial charge in [0, 0.05) is 28.0 Å². The summed E-state index contributed by atoms with van der Waals surface area (Å²) in [5.74, 6) is 1.41. The van der Waals surface area contributed by atoms with E-state index in [1.165, 1.54) is 0 Å². The third-order valence-electron chi connectivity index (χ3n) is 2.82.